The maximum Gasteiger partial charge on any atom is 0.159 e. The molecule has 34 heavy (non-hydrogen) atoms. The molecule has 1 aromatic carbocycles. The van der Waals surface area contributed by atoms with Crippen LogP contribution in [0.15, 0.2) is 18.2 Å². The summed E-state index contributed by atoms with van der Waals surface area (Å²) in [6, 6.07) is 6.08. The Morgan fingerprint density at radius 2 is 1.74 bits per heavy atom. The maximum atomic E-state index is 13.6. The predicted octanol–water partition coefficient (Wildman–Crippen LogP) is 5.72. The smallest absolute Gasteiger partial charge is 0.159 e. The number of ketones is 1. The molecule has 0 spiro atoms. The standard InChI is InChI=1S/C29H41N3O2/c1-18-5-10-24-25(15-18)31-32(30-24)17-26(33)23-9-8-21-20-7-6-19-16-27(2,34)13-14-28(19,3)22(20)11-12-29(21,23)4/h5,10,15,19-23,34H,6-9,11-14,16-17H2,1-4H3/t19-,20-,21-,22-,23+,27+,28-,29-/m0/s1. The molecular weight excluding hydrogens is 422 g/mol. The summed E-state index contributed by atoms with van der Waals surface area (Å²) in [6.45, 7) is 9.37. The monoisotopic (exact) mass is 463 g/mol. The molecule has 0 radical (unpaired) electrons. The van der Waals surface area contributed by atoms with Crippen LogP contribution in [0.25, 0.3) is 11.0 Å². The second kappa shape index (κ2) is 7.62. The summed E-state index contributed by atoms with van der Waals surface area (Å²) in [5, 5.41) is 19.9. The van der Waals surface area contributed by atoms with E-state index >= 15 is 0 Å². The van der Waals surface area contributed by atoms with E-state index in [9.17, 15) is 9.90 Å². The zero-order valence-electron chi connectivity index (χ0n) is 21.4. The van der Waals surface area contributed by atoms with Crippen molar-refractivity contribution in [2.24, 2.45) is 40.4 Å². The summed E-state index contributed by atoms with van der Waals surface area (Å²) < 4.78 is 0. The molecule has 4 aliphatic carbocycles. The molecule has 1 N–H and O–H groups in total. The van der Waals surface area contributed by atoms with Gasteiger partial charge in [0.15, 0.2) is 5.78 Å². The van der Waals surface area contributed by atoms with E-state index in [-0.39, 0.29) is 11.3 Å². The quantitative estimate of drug-likeness (QED) is 0.632. The number of aromatic nitrogens is 3. The second-order valence-electron chi connectivity index (χ2n) is 13.2. The molecular formula is C29H41N3O2. The van der Waals surface area contributed by atoms with Crippen molar-refractivity contribution in [3.05, 3.63) is 23.8 Å². The first-order valence-corrected chi connectivity index (χ1v) is 13.7. The van der Waals surface area contributed by atoms with E-state index in [4.69, 9.17) is 0 Å². The van der Waals surface area contributed by atoms with Gasteiger partial charge in [-0.3, -0.25) is 4.79 Å². The number of Topliss-reactive ketones (excluding diaryl/α,β-unsaturated/α-hetero) is 1. The molecule has 0 bridgehead atoms. The van der Waals surface area contributed by atoms with Crippen LogP contribution in [-0.2, 0) is 11.3 Å². The van der Waals surface area contributed by atoms with Crippen molar-refractivity contribution in [3.63, 3.8) is 0 Å². The summed E-state index contributed by atoms with van der Waals surface area (Å²) in [7, 11) is 0. The van der Waals surface area contributed by atoms with Crippen LogP contribution >= 0.6 is 0 Å². The maximum absolute atomic E-state index is 13.6. The van der Waals surface area contributed by atoms with E-state index in [0.29, 0.717) is 29.6 Å². The van der Waals surface area contributed by atoms with Crippen LogP contribution in [0.4, 0.5) is 0 Å². The van der Waals surface area contributed by atoms with Gasteiger partial charge in [0, 0.05) is 5.92 Å². The number of benzene rings is 1. The van der Waals surface area contributed by atoms with E-state index < -0.39 is 5.60 Å². The summed E-state index contributed by atoms with van der Waals surface area (Å²) in [6.07, 6.45) is 10.3. The number of aliphatic hydroxyl groups is 1. The number of hydrogen-bond acceptors (Lipinski definition) is 4. The minimum Gasteiger partial charge on any atom is -0.390 e. The van der Waals surface area contributed by atoms with Gasteiger partial charge in [-0.1, -0.05) is 19.9 Å². The Labute approximate surface area is 203 Å². The average molecular weight is 464 g/mol. The molecule has 1 heterocycles. The van der Waals surface area contributed by atoms with Gasteiger partial charge in [-0.2, -0.15) is 15.0 Å². The lowest BCUT2D eigenvalue weighted by Crippen LogP contribution is -2.55. The van der Waals surface area contributed by atoms with Crippen LogP contribution in [0.3, 0.4) is 0 Å². The molecule has 4 aliphatic rings. The fourth-order valence-corrected chi connectivity index (χ4v) is 9.35. The Morgan fingerprint density at radius 3 is 2.56 bits per heavy atom. The molecule has 0 saturated heterocycles. The van der Waals surface area contributed by atoms with E-state index in [1.165, 1.54) is 37.7 Å². The highest BCUT2D eigenvalue weighted by Crippen LogP contribution is 2.68. The van der Waals surface area contributed by atoms with Crippen LogP contribution in [-0.4, -0.2) is 31.5 Å². The number of carbonyl (C=O) groups is 1. The molecule has 184 valence electrons. The molecule has 0 amide bonds. The summed E-state index contributed by atoms with van der Waals surface area (Å²) in [5.41, 5.74) is 2.91. The lowest BCUT2D eigenvalue weighted by molar-refractivity contribution is -0.151. The summed E-state index contributed by atoms with van der Waals surface area (Å²) in [4.78, 5) is 15.2. The molecule has 4 saturated carbocycles. The van der Waals surface area contributed by atoms with Crippen molar-refractivity contribution in [2.75, 3.05) is 0 Å². The van der Waals surface area contributed by atoms with Crippen LogP contribution in [0.2, 0.25) is 0 Å². The van der Waals surface area contributed by atoms with Gasteiger partial charge in [-0.05, 0) is 124 Å². The Morgan fingerprint density at radius 1 is 0.971 bits per heavy atom. The highest BCUT2D eigenvalue weighted by Gasteiger charge is 2.61. The van der Waals surface area contributed by atoms with Gasteiger partial charge in [-0.25, -0.2) is 0 Å². The Kier molecular flexibility index (Phi) is 5.09. The molecule has 1 aromatic heterocycles. The van der Waals surface area contributed by atoms with Gasteiger partial charge in [0.25, 0.3) is 0 Å². The Balaban J connectivity index is 1.20. The third-order valence-corrected chi connectivity index (χ3v) is 11.2. The topological polar surface area (TPSA) is 68.0 Å². The average Bonchev–Trinajstić information content (AvgIpc) is 3.33. The largest absolute Gasteiger partial charge is 0.390 e. The predicted molar refractivity (Wildman–Crippen MR) is 133 cm³/mol. The molecule has 6 rings (SSSR count). The first-order chi connectivity index (χ1) is 16.1. The molecule has 2 aromatic rings. The van der Waals surface area contributed by atoms with Crippen LogP contribution in [0.1, 0.15) is 84.1 Å². The van der Waals surface area contributed by atoms with Gasteiger partial charge >= 0.3 is 0 Å². The molecule has 0 unspecified atom stereocenters. The number of aryl methyl sites for hydroxylation is 1. The number of nitrogens with zero attached hydrogens (tertiary/aromatic N) is 3. The van der Waals surface area contributed by atoms with Crippen molar-refractivity contribution in [3.8, 4) is 0 Å². The lowest BCUT2D eigenvalue weighted by atomic mass is 9.44. The Hall–Kier alpha value is -1.75. The lowest BCUT2D eigenvalue weighted by Gasteiger charge is -2.61. The number of fused-ring (bicyclic) bond motifs is 6. The van der Waals surface area contributed by atoms with Gasteiger partial charge in [0.1, 0.15) is 17.6 Å². The number of hydrogen-bond donors (Lipinski definition) is 1. The first-order valence-electron chi connectivity index (χ1n) is 13.7. The first kappa shape index (κ1) is 22.7. The molecule has 0 aliphatic heterocycles. The van der Waals surface area contributed by atoms with E-state index in [1.807, 2.05) is 25.1 Å². The molecule has 5 heteroatoms. The highest BCUT2D eigenvalue weighted by molar-refractivity contribution is 5.82. The van der Waals surface area contributed by atoms with Crippen LogP contribution < -0.4 is 0 Å². The van der Waals surface area contributed by atoms with Crippen molar-refractivity contribution < 1.29 is 9.90 Å². The van der Waals surface area contributed by atoms with E-state index in [1.54, 1.807) is 4.80 Å². The van der Waals surface area contributed by atoms with Gasteiger partial charge < -0.3 is 5.11 Å². The molecule has 5 nitrogen and oxygen atoms in total. The third kappa shape index (κ3) is 3.40. The van der Waals surface area contributed by atoms with Gasteiger partial charge in [0.05, 0.1) is 5.60 Å². The fourth-order valence-electron chi connectivity index (χ4n) is 9.35. The number of rotatable bonds is 3. The normalized spacial score (nSPS) is 43.9. The fraction of sp³-hybridized carbons (Fsp3) is 0.759. The van der Waals surface area contributed by atoms with Crippen LogP contribution in [0.5, 0.6) is 0 Å². The Bertz CT molecular complexity index is 1120. The van der Waals surface area contributed by atoms with Gasteiger partial charge in [-0.15, -0.1) is 0 Å². The summed E-state index contributed by atoms with van der Waals surface area (Å²) in [5.74, 6) is 3.28. The van der Waals surface area contributed by atoms with Crippen molar-refractivity contribution in [1.29, 1.82) is 0 Å². The summed E-state index contributed by atoms with van der Waals surface area (Å²) >= 11 is 0. The zero-order chi connectivity index (χ0) is 23.9. The van der Waals surface area contributed by atoms with E-state index in [2.05, 4.69) is 31.0 Å². The van der Waals surface area contributed by atoms with Crippen molar-refractivity contribution in [1.82, 2.24) is 15.0 Å². The minimum atomic E-state index is -0.477. The second-order valence-corrected chi connectivity index (χ2v) is 13.2. The minimum absolute atomic E-state index is 0.116. The zero-order valence-corrected chi connectivity index (χ0v) is 21.4. The van der Waals surface area contributed by atoms with E-state index in [0.717, 1.165) is 48.6 Å². The van der Waals surface area contributed by atoms with Crippen molar-refractivity contribution >= 4 is 16.8 Å². The van der Waals surface area contributed by atoms with Crippen molar-refractivity contribution in [2.45, 2.75) is 97.6 Å². The molecule has 8 atom stereocenters. The highest BCUT2D eigenvalue weighted by atomic mass is 16.3. The number of carbonyl (C=O) groups excluding carboxylic acids is 1. The van der Waals surface area contributed by atoms with Gasteiger partial charge in [0.2, 0.25) is 0 Å². The molecule has 4 fully saturated rings. The SMILES string of the molecule is Cc1ccc2nn(CC(=O)[C@H]3CC[C@H]4[C@@H]5CC[C@H]6C[C@](C)(O)CC[C@]6(C)[C@H]5CC[C@]34C)nc2c1. The van der Waals surface area contributed by atoms with Crippen LogP contribution in [0, 0.1) is 47.3 Å². The third-order valence-electron chi connectivity index (χ3n) is 11.2.